The van der Waals surface area contributed by atoms with Gasteiger partial charge >= 0.3 is 5.97 Å². The molecule has 4 rings (SSSR count). The summed E-state index contributed by atoms with van der Waals surface area (Å²) in [6, 6.07) is 13.9. The van der Waals surface area contributed by atoms with E-state index in [-0.39, 0.29) is 113 Å². The van der Waals surface area contributed by atoms with Crippen molar-refractivity contribution in [3.63, 3.8) is 0 Å². The number of thioether (sulfide) groups is 1. The molecule has 0 radical (unpaired) electrons. The number of nitrogens with zero attached hydrogens (tertiary/aromatic N) is 2. The van der Waals surface area contributed by atoms with Crippen molar-refractivity contribution in [3.8, 4) is 0 Å². The minimum Gasteiger partial charge on any atom is -0.481 e. The molecule has 0 aliphatic carbocycles. The molecule has 2 saturated heterocycles. The summed E-state index contributed by atoms with van der Waals surface area (Å²) >= 11 is 1.17. The highest BCUT2D eigenvalue weighted by molar-refractivity contribution is 8.76. The van der Waals surface area contributed by atoms with Crippen molar-refractivity contribution in [2.45, 2.75) is 95.3 Å². The van der Waals surface area contributed by atoms with E-state index < -0.39 is 146 Å². The number of rotatable bonds is 39. The predicted molar refractivity (Wildman–Crippen MR) is 378 cm³/mol. The number of amides is 8. The van der Waals surface area contributed by atoms with Crippen molar-refractivity contribution in [3.05, 3.63) is 71.8 Å². The van der Waals surface area contributed by atoms with Gasteiger partial charge < -0.3 is 92.4 Å². The molecule has 0 aromatic heterocycles. The minimum absolute atomic E-state index is 0.0308. The zero-order chi connectivity index (χ0) is 73.2. The van der Waals surface area contributed by atoms with E-state index in [4.69, 9.17) is 44.7 Å². The molecule has 2 aliphatic heterocycles. The Balaban J connectivity index is 1.23. The van der Waals surface area contributed by atoms with Crippen molar-refractivity contribution in [1.82, 2.24) is 42.5 Å². The quantitative estimate of drug-likeness (QED) is 0.0130. The molecule has 0 saturated carbocycles. The number of fused-ring (bicyclic) bond motifs is 5. The van der Waals surface area contributed by atoms with Crippen LogP contribution in [0.2, 0.25) is 0 Å². The number of benzene rings is 2. The predicted octanol–water partition coefficient (Wildman–Crippen LogP) is -0.630. The van der Waals surface area contributed by atoms with Gasteiger partial charge in [-0.25, -0.2) is 0 Å². The third-order valence-corrected chi connectivity index (χ3v) is 18.5. The Labute approximate surface area is 599 Å². The summed E-state index contributed by atoms with van der Waals surface area (Å²) in [6.45, 7) is 3.95. The highest BCUT2D eigenvalue weighted by Gasteiger charge is 2.35. The molecule has 560 valence electrons. The fourth-order valence-electron chi connectivity index (χ4n) is 9.73. The Morgan fingerprint density at radius 1 is 0.574 bits per heavy atom. The molecule has 7 atom stereocenters. The Kier molecular flexibility index (Phi) is 44.3. The van der Waals surface area contributed by atoms with Crippen LogP contribution in [0.1, 0.15) is 75.8 Å². The smallest absolute Gasteiger partial charge is 0.304 e. The standard InChI is InChI=1S/C66H98N12O20S3/c1-45-41-99-44-60(85)76-52(16-8-9-17-69-57(82)38-97-39-58(83)70-19-21-92-23-25-94-27-29-96-30-28-95-26-24-93-22-20-71-59(84)40-98-74-36-47-13-6-3-7-14-47)65(91)78-54-43-101-100-42-53(56(81)34-49(63(89)75-45)31-46-11-4-2-5-12-46)77-64(90)50(35-61(86)87)32-51(79)37-73-62(88)48(33-55(54)80)15-10-18-72-66(67)68/h2-7,11-14,36,45,48-50,52-54H,8-10,15-35,37-44H2,1H3,(H,69,82)(H,70,83)(H,71,84)(H,73,88)(H,75,89)(H,76,85)(H,77,90)(H,78,91)(H,86,87)(H4,67,68,72)/b74-36+/t45-,48-,49-,50+,52+,53+,54+/m1/s1. The highest BCUT2D eigenvalue weighted by atomic mass is 33.1. The number of aliphatic carboxylic acids is 1. The Morgan fingerprint density at radius 2 is 1.11 bits per heavy atom. The van der Waals surface area contributed by atoms with Gasteiger partial charge in [-0.3, -0.25) is 62.5 Å². The second-order valence-corrected chi connectivity index (χ2v) is 27.0. The molecular formula is C66H98N12O20S3. The molecule has 13 N–H and O–H groups in total. The molecule has 0 spiro atoms. The Morgan fingerprint density at radius 3 is 1.69 bits per heavy atom. The van der Waals surface area contributed by atoms with E-state index in [0.717, 1.165) is 32.7 Å². The first-order valence-corrected chi connectivity index (χ1v) is 37.1. The number of guanidine groups is 1. The molecule has 8 amide bonds. The fourth-order valence-corrected chi connectivity index (χ4v) is 13.0. The number of unbranched alkanes of at least 4 members (excludes halogenated alkanes) is 1. The minimum atomic E-state index is -1.46. The number of hydrogen-bond donors (Lipinski definition) is 11. The Hall–Kier alpha value is -7.77. The largest absolute Gasteiger partial charge is 0.481 e. The van der Waals surface area contributed by atoms with Gasteiger partial charge in [0, 0.05) is 80.6 Å². The summed E-state index contributed by atoms with van der Waals surface area (Å²) in [7, 11) is 2.09. The van der Waals surface area contributed by atoms with Crippen LogP contribution in [0.25, 0.3) is 0 Å². The maximum Gasteiger partial charge on any atom is 0.304 e. The van der Waals surface area contributed by atoms with Crippen LogP contribution >= 0.6 is 33.3 Å². The second-order valence-electron chi connectivity index (χ2n) is 23.4. The molecule has 0 unspecified atom stereocenters. The Bertz CT molecular complexity index is 2960. The van der Waals surface area contributed by atoms with E-state index in [9.17, 15) is 62.6 Å². The molecule has 101 heavy (non-hydrogen) atoms. The van der Waals surface area contributed by atoms with E-state index in [0.29, 0.717) is 65.8 Å². The number of ether oxygens (including phenoxy) is 6. The molecular weight excluding hydrogens is 1380 g/mol. The van der Waals surface area contributed by atoms with Crippen molar-refractivity contribution in [2.24, 2.45) is 39.4 Å². The monoisotopic (exact) mass is 1470 g/mol. The number of carbonyl (C=O) groups excluding carboxylic acids is 11. The van der Waals surface area contributed by atoms with Crippen molar-refractivity contribution >= 4 is 116 Å². The van der Waals surface area contributed by atoms with E-state index in [1.54, 1.807) is 37.3 Å². The molecule has 2 bridgehead atoms. The average Bonchev–Trinajstić information content (AvgIpc) is 1.46. The second kappa shape index (κ2) is 52.2. The summed E-state index contributed by atoms with van der Waals surface area (Å²) in [5.41, 5.74) is 12.6. The third kappa shape index (κ3) is 40.5. The van der Waals surface area contributed by atoms with Gasteiger partial charge in [0.05, 0.1) is 109 Å². The van der Waals surface area contributed by atoms with Gasteiger partial charge in [0.1, 0.15) is 19.3 Å². The number of nitrogens with one attached hydrogen (secondary N) is 8. The van der Waals surface area contributed by atoms with E-state index in [1.807, 2.05) is 30.3 Å². The van der Waals surface area contributed by atoms with Crippen LogP contribution in [0.4, 0.5) is 0 Å². The highest BCUT2D eigenvalue weighted by Crippen LogP contribution is 2.27. The molecule has 2 aliphatic rings. The lowest BCUT2D eigenvalue weighted by Crippen LogP contribution is -2.53. The van der Waals surface area contributed by atoms with Gasteiger partial charge in [0.2, 0.25) is 41.4 Å². The van der Waals surface area contributed by atoms with Gasteiger partial charge in [-0.15, -0.1) is 11.8 Å². The first-order chi connectivity index (χ1) is 48.8. The fraction of sp³-hybridized carbons (Fsp3) is 0.606. The first kappa shape index (κ1) is 85.6. The van der Waals surface area contributed by atoms with Crippen molar-refractivity contribution in [2.75, 3.05) is 142 Å². The maximum atomic E-state index is 14.5. The molecule has 2 fully saturated rings. The van der Waals surface area contributed by atoms with Gasteiger partial charge in [-0.2, -0.15) is 0 Å². The van der Waals surface area contributed by atoms with E-state index >= 15 is 0 Å². The number of aliphatic imine (C=N–C) groups is 1. The molecule has 32 nitrogen and oxygen atoms in total. The van der Waals surface area contributed by atoms with Crippen LogP contribution in [-0.2, 0) is 97.2 Å². The summed E-state index contributed by atoms with van der Waals surface area (Å²) in [4.78, 5) is 170. The molecule has 2 aromatic carbocycles. The number of hydrogen-bond acceptors (Lipinski definition) is 24. The number of nitrogens with two attached hydrogens (primary N) is 2. The van der Waals surface area contributed by atoms with Gasteiger partial charge in [0.15, 0.2) is 29.9 Å². The normalized spacial score (nSPS) is 20.4. The summed E-state index contributed by atoms with van der Waals surface area (Å²) in [6.07, 6.45) is 0.284. The van der Waals surface area contributed by atoms with Gasteiger partial charge in [-0.05, 0) is 56.6 Å². The third-order valence-electron chi connectivity index (χ3n) is 14.9. The summed E-state index contributed by atoms with van der Waals surface area (Å²) < 4.78 is 32.7. The van der Waals surface area contributed by atoms with Crippen molar-refractivity contribution < 1.29 is 95.9 Å². The van der Waals surface area contributed by atoms with Crippen LogP contribution in [0.3, 0.4) is 0 Å². The molecule has 2 heterocycles. The van der Waals surface area contributed by atoms with E-state index in [1.165, 1.54) is 18.0 Å². The number of Topliss-reactive ketones (excluding diaryl/α,β-unsaturated/α-hetero) is 3. The van der Waals surface area contributed by atoms with Crippen LogP contribution < -0.4 is 54.0 Å². The first-order valence-electron chi connectivity index (χ1n) is 33.4. The topological polar surface area (TPSA) is 463 Å². The molecule has 2 aromatic rings. The number of ketones is 3. The average molecular weight is 1480 g/mol. The van der Waals surface area contributed by atoms with Crippen molar-refractivity contribution in [1.29, 1.82) is 0 Å². The van der Waals surface area contributed by atoms with Crippen LogP contribution in [0.5, 0.6) is 0 Å². The lowest BCUT2D eigenvalue weighted by molar-refractivity contribution is -0.142. The number of oxime groups is 1. The van der Waals surface area contributed by atoms with E-state index in [2.05, 4.69) is 52.7 Å². The van der Waals surface area contributed by atoms with Gasteiger partial charge in [-0.1, -0.05) is 87.4 Å². The lowest BCUT2D eigenvalue weighted by Gasteiger charge is -2.25. The van der Waals surface area contributed by atoms with Gasteiger partial charge in [0.25, 0.3) is 5.91 Å². The number of carboxylic acid groups (broad SMARTS) is 1. The zero-order valence-electron chi connectivity index (χ0n) is 57.0. The van der Waals surface area contributed by atoms with Crippen LogP contribution in [0, 0.1) is 17.8 Å². The number of carbonyl (C=O) groups is 12. The zero-order valence-corrected chi connectivity index (χ0v) is 59.4. The van der Waals surface area contributed by atoms with Crippen LogP contribution in [-0.4, -0.2) is 254 Å². The summed E-state index contributed by atoms with van der Waals surface area (Å²) in [5.74, 6) is -12.0. The van der Waals surface area contributed by atoms with Crippen LogP contribution in [0.15, 0.2) is 70.8 Å². The lowest BCUT2D eigenvalue weighted by atomic mass is 9.91. The number of carboxylic acids is 1. The molecule has 35 heteroatoms. The maximum absolute atomic E-state index is 14.5. The SMILES string of the molecule is C[C@@H]1CSCC(=O)N[C@@H](CCCCNC(=O)COCC(=O)NCCOCCOCCOCCOCCOCCNC(=O)CO/N=C/c2ccccc2)C(=O)N[C@H]2CSSC[C@H](NC(=O)[C@H](CC(=O)O)CC(=O)CNC(=O)[C@H](CCCN=C(N)N)CC2=O)C(=O)C[C@@H](Cc2ccccc2)C(=O)N1. The summed E-state index contributed by atoms with van der Waals surface area (Å²) in [5, 5.41) is 35.2.